The Bertz CT molecular complexity index is 917. The van der Waals surface area contributed by atoms with Crippen molar-refractivity contribution in [3.05, 3.63) is 64.1 Å². The van der Waals surface area contributed by atoms with Crippen LogP contribution in [0, 0.1) is 0 Å². The summed E-state index contributed by atoms with van der Waals surface area (Å²) in [5.41, 5.74) is 1.67. The Morgan fingerprint density at radius 1 is 1.15 bits per heavy atom. The van der Waals surface area contributed by atoms with Crippen LogP contribution in [-0.4, -0.2) is 21.9 Å². The van der Waals surface area contributed by atoms with E-state index in [0.29, 0.717) is 21.2 Å². The Morgan fingerprint density at radius 2 is 1.88 bits per heavy atom. The largest absolute Gasteiger partial charge is 0.411 e. The predicted molar refractivity (Wildman–Crippen MR) is 103 cm³/mol. The van der Waals surface area contributed by atoms with E-state index in [4.69, 9.17) is 27.6 Å². The molecule has 0 saturated carbocycles. The molecule has 1 atom stereocenters. The summed E-state index contributed by atoms with van der Waals surface area (Å²) in [6, 6.07) is 14.4. The topological polar surface area (TPSA) is 68.0 Å². The zero-order chi connectivity index (χ0) is 18.5. The van der Waals surface area contributed by atoms with Gasteiger partial charge in [0.25, 0.3) is 5.22 Å². The van der Waals surface area contributed by atoms with Crippen LogP contribution in [0.4, 0.5) is 0 Å². The number of benzene rings is 2. The van der Waals surface area contributed by atoms with Crippen molar-refractivity contribution >= 4 is 40.9 Å². The second-order valence-corrected chi connectivity index (χ2v) is 7.32. The number of amides is 1. The molecule has 1 amide bonds. The van der Waals surface area contributed by atoms with Crippen LogP contribution >= 0.6 is 35.0 Å². The summed E-state index contributed by atoms with van der Waals surface area (Å²) in [7, 11) is 0. The maximum absolute atomic E-state index is 12.1. The Labute approximate surface area is 165 Å². The average Bonchev–Trinajstić information content (AvgIpc) is 3.09. The molecular formula is C18H15Cl2N3O2S. The third kappa shape index (κ3) is 5.00. The van der Waals surface area contributed by atoms with E-state index in [-0.39, 0.29) is 17.7 Å². The van der Waals surface area contributed by atoms with Crippen molar-refractivity contribution in [2.24, 2.45) is 0 Å². The van der Waals surface area contributed by atoms with Gasteiger partial charge in [-0.3, -0.25) is 4.79 Å². The van der Waals surface area contributed by atoms with E-state index >= 15 is 0 Å². The molecule has 0 unspecified atom stereocenters. The van der Waals surface area contributed by atoms with Crippen LogP contribution in [0.3, 0.4) is 0 Å². The SMILES string of the molecule is C[C@H](NC(=O)CSc1nnc(-c2cccc(Cl)c2)o1)c1cccc(Cl)c1. The van der Waals surface area contributed by atoms with Gasteiger partial charge in [-0.25, -0.2) is 0 Å². The molecule has 3 rings (SSSR count). The van der Waals surface area contributed by atoms with Crippen molar-refractivity contribution in [1.29, 1.82) is 0 Å². The molecular weight excluding hydrogens is 393 g/mol. The Balaban J connectivity index is 1.55. The maximum Gasteiger partial charge on any atom is 0.277 e. The van der Waals surface area contributed by atoms with Crippen LogP contribution in [0.25, 0.3) is 11.5 Å². The molecule has 0 spiro atoms. The number of thioether (sulfide) groups is 1. The van der Waals surface area contributed by atoms with Gasteiger partial charge in [0, 0.05) is 15.6 Å². The highest BCUT2D eigenvalue weighted by Gasteiger charge is 2.14. The molecule has 1 aromatic heterocycles. The van der Waals surface area contributed by atoms with Gasteiger partial charge in [0.15, 0.2) is 0 Å². The van der Waals surface area contributed by atoms with Crippen LogP contribution in [-0.2, 0) is 4.79 Å². The molecule has 0 radical (unpaired) electrons. The summed E-state index contributed by atoms with van der Waals surface area (Å²) < 4.78 is 5.57. The Hall–Kier alpha value is -2.02. The summed E-state index contributed by atoms with van der Waals surface area (Å²) in [6.45, 7) is 1.90. The molecule has 0 aliphatic rings. The molecule has 0 saturated heterocycles. The van der Waals surface area contributed by atoms with Gasteiger partial charge in [0.05, 0.1) is 11.8 Å². The van der Waals surface area contributed by atoms with Gasteiger partial charge in [0.1, 0.15) is 0 Å². The van der Waals surface area contributed by atoms with Gasteiger partial charge in [-0.1, -0.05) is 53.2 Å². The summed E-state index contributed by atoms with van der Waals surface area (Å²) in [6.07, 6.45) is 0. The van der Waals surface area contributed by atoms with Crippen molar-refractivity contribution in [2.75, 3.05) is 5.75 Å². The van der Waals surface area contributed by atoms with Gasteiger partial charge < -0.3 is 9.73 Å². The fourth-order valence-corrected chi connectivity index (χ4v) is 3.24. The Morgan fingerprint density at radius 3 is 2.62 bits per heavy atom. The first-order chi connectivity index (χ1) is 12.5. The van der Waals surface area contributed by atoms with Gasteiger partial charge in [-0.05, 0) is 42.8 Å². The number of nitrogens with one attached hydrogen (secondary N) is 1. The number of halogens is 2. The molecule has 0 bridgehead atoms. The van der Waals surface area contributed by atoms with Crippen LogP contribution in [0.5, 0.6) is 0 Å². The summed E-state index contributed by atoms with van der Waals surface area (Å²) >= 11 is 13.1. The quantitative estimate of drug-likeness (QED) is 0.581. The van der Waals surface area contributed by atoms with Gasteiger partial charge in [0.2, 0.25) is 11.8 Å². The normalized spacial score (nSPS) is 12.0. The summed E-state index contributed by atoms with van der Waals surface area (Å²) in [5.74, 6) is 0.398. The summed E-state index contributed by atoms with van der Waals surface area (Å²) in [5, 5.41) is 12.4. The number of aromatic nitrogens is 2. The lowest BCUT2D eigenvalue weighted by Gasteiger charge is -2.14. The average molecular weight is 408 g/mol. The molecule has 134 valence electrons. The van der Waals surface area contributed by atoms with E-state index < -0.39 is 0 Å². The molecule has 2 aromatic carbocycles. The van der Waals surface area contributed by atoms with Crippen molar-refractivity contribution in [3.8, 4) is 11.5 Å². The number of carbonyl (C=O) groups excluding carboxylic acids is 1. The minimum atomic E-state index is -0.147. The molecule has 0 aliphatic heterocycles. The van der Waals surface area contributed by atoms with Crippen molar-refractivity contribution in [2.45, 2.75) is 18.2 Å². The van der Waals surface area contributed by atoms with E-state index in [1.807, 2.05) is 31.2 Å². The first-order valence-electron chi connectivity index (χ1n) is 7.78. The van der Waals surface area contributed by atoms with Crippen LogP contribution in [0.1, 0.15) is 18.5 Å². The van der Waals surface area contributed by atoms with Crippen LogP contribution in [0.2, 0.25) is 10.0 Å². The second-order valence-electron chi connectivity index (χ2n) is 5.52. The Kier molecular flexibility index (Phi) is 6.19. The number of rotatable bonds is 6. The molecule has 26 heavy (non-hydrogen) atoms. The monoisotopic (exact) mass is 407 g/mol. The first-order valence-corrected chi connectivity index (χ1v) is 9.52. The number of hydrogen-bond acceptors (Lipinski definition) is 5. The van der Waals surface area contributed by atoms with Crippen LogP contribution < -0.4 is 5.32 Å². The highest BCUT2D eigenvalue weighted by atomic mass is 35.5. The molecule has 0 fully saturated rings. The minimum absolute atomic E-state index is 0.134. The highest BCUT2D eigenvalue weighted by molar-refractivity contribution is 7.99. The number of hydrogen-bond donors (Lipinski definition) is 1. The lowest BCUT2D eigenvalue weighted by Crippen LogP contribution is -2.28. The zero-order valence-corrected chi connectivity index (χ0v) is 16.1. The molecule has 0 aliphatic carbocycles. The van der Waals surface area contributed by atoms with E-state index in [2.05, 4.69) is 15.5 Å². The lowest BCUT2D eigenvalue weighted by molar-refractivity contribution is -0.119. The molecule has 8 heteroatoms. The molecule has 3 aromatic rings. The van der Waals surface area contributed by atoms with Gasteiger partial charge in [-0.2, -0.15) is 0 Å². The lowest BCUT2D eigenvalue weighted by atomic mass is 10.1. The fraction of sp³-hybridized carbons (Fsp3) is 0.167. The number of nitrogens with zero attached hydrogens (tertiary/aromatic N) is 2. The molecule has 1 heterocycles. The third-order valence-corrected chi connectivity index (χ3v) is 4.82. The van der Waals surface area contributed by atoms with Crippen molar-refractivity contribution in [3.63, 3.8) is 0 Å². The maximum atomic E-state index is 12.1. The van der Waals surface area contributed by atoms with E-state index in [1.54, 1.807) is 24.3 Å². The van der Waals surface area contributed by atoms with E-state index in [9.17, 15) is 4.79 Å². The molecule has 5 nitrogen and oxygen atoms in total. The van der Waals surface area contributed by atoms with E-state index in [1.165, 1.54) is 11.8 Å². The third-order valence-electron chi connectivity index (χ3n) is 3.53. The van der Waals surface area contributed by atoms with Gasteiger partial charge >= 0.3 is 0 Å². The predicted octanol–water partition coefficient (Wildman–Crippen LogP) is 5.01. The molecule has 1 N–H and O–H groups in total. The van der Waals surface area contributed by atoms with Crippen molar-refractivity contribution < 1.29 is 9.21 Å². The van der Waals surface area contributed by atoms with E-state index in [0.717, 1.165) is 11.1 Å². The summed E-state index contributed by atoms with van der Waals surface area (Å²) in [4.78, 5) is 12.1. The smallest absolute Gasteiger partial charge is 0.277 e. The fourth-order valence-electron chi connectivity index (χ4n) is 2.28. The first kappa shape index (κ1) is 18.8. The van der Waals surface area contributed by atoms with Crippen molar-refractivity contribution in [1.82, 2.24) is 15.5 Å². The standard InChI is InChI=1S/C18H15Cl2N3O2S/c1-11(12-4-2-6-14(19)8-12)21-16(24)10-26-18-23-22-17(25-18)13-5-3-7-15(20)9-13/h2-9,11H,10H2,1H3,(H,21,24)/t11-/m0/s1. The minimum Gasteiger partial charge on any atom is -0.411 e. The highest BCUT2D eigenvalue weighted by Crippen LogP contribution is 2.25. The number of carbonyl (C=O) groups is 1. The van der Waals surface area contributed by atoms with Crippen LogP contribution in [0.15, 0.2) is 58.2 Å². The second kappa shape index (κ2) is 8.58. The van der Waals surface area contributed by atoms with Gasteiger partial charge in [-0.15, -0.1) is 10.2 Å². The zero-order valence-electron chi connectivity index (χ0n) is 13.8.